The number of hydrogen-bond acceptors (Lipinski definition) is 7. The van der Waals surface area contributed by atoms with Crippen LogP contribution in [0.25, 0.3) is 5.53 Å². The van der Waals surface area contributed by atoms with Crippen LogP contribution in [0.1, 0.15) is 51.2 Å². The Hall–Kier alpha value is -4.11. The Bertz CT molecular complexity index is 1270. The van der Waals surface area contributed by atoms with Gasteiger partial charge in [0.25, 0.3) is 0 Å². The van der Waals surface area contributed by atoms with Gasteiger partial charge in [-0.1, -0.05) is 12.1 Å². The van der Waals surface area contributed by atoms with E-state index >= 15 is 0 Å². The first-order valence-electron chi connectivity index (χ1n) is 12.8. The zero-order valence-electron chi connectivity index (χ0n) is 22.4. The van der Waals surface area contributed by atoms with Crippen molar-refractivity contribution >= 4 is 17.8 Å². The number of hydrogen-bond donors (Lipinski definition) is 0. The van der Waals surface area contributed by atoms with Crippen LogP contribution in [0.4, 0.5) is 9.18 Å². The van der Waals surface area contributed by atoms with E-state index in [1.165, 1.54) is 18.2 Å². The van der Waals surface area contributed by atoms with E-state index < -0.39 is 17.7 Å². The fourth-order valence-electron chi connectivity index (χ4n) is 4.67. The molecule has 1 fully saturated rings. The number of likely N-dealkylation sites (tertiary alicyclic amines) is 1. The smallest absolute Gasteiger partial charge is 0.422 e. The number of amides is 1. The lowest BCUT2D eigenvalue weighted by Gasteiger charge is -2.39. The van der Waals surface area contributed by atoms with Crippen molar-refractivity contribution in [2.75, 3.05) is 33.1 Å². The summed E-state index contributed by atoms with van der Waals surface area (Å²) in [5.41, 5.74) is 9.73. The number of rotatable bonds is 7. The monoisotopic (exact) mass is 541 g/mol. The number of fused-ring (bicyclic) bond motifs is 1. The van der Waals surface area contributed by atoms with E-state index in [-0.39, 0.29) is 54.7 Å². The third-order valence-electron chi connectivity index (χ3n) is 6.44. The van der Waals surface area contributed by atoms with E-state index in [9.17, 15) is 19.5 Å². The standard InChI is InChI=1S/C28H32FN3O7/c1-5-35-26(33)25(31-30)21-12-23-24(38-16-37-23)13-22(21)36-15-18-14-32(27(34)39-28(2,3)4)11-10-20(18)17-6-8-19(29)9-7-17/h6-9,12-13,18,20H,5,10-11,14-16H2,1-4H3/t18?,20-/m0/s1. The molecule has 2 aliphatic rings. The molecule has 39 heavy (non-hydrogen) atoms. The van der Waals surface area contributed by atoms with Gasteiger partial charge in [-0.2, -0.15) is 4.79 Å². The Morgan fingerprint density at radius 1 is 1.15 bits per heavy atom. The third-order valence-corrected chi connectivity index (χ3v) is 6.44. The number of esters is 1. The lowest BCUT2D eigenvalue weighted by molar-refractivity contribution is -0.139. The number of nitrogens with zero attached hydrogens (tertiary/aromatic N) is 3. The number of ether oxygens (including phenoxy) is 5. The molecule has 0 spiro atoms. The Labute approximate surface area is 226 Å². The Kier molecular flexibility index (Phi) is 8.40. The lowest BCUT2D eigenvalue weighted by Crippen LogP contribution is -2.46. The van der Waals surface area contributed by atoms with Crippen LogP contribution in [-0.4, -0.2) is 66.2 Å². The highest BCUT2D eigenvalue weighted by Gasteiger charge is 2.36. The molecule has 0 bridgehead atoms. The van der Waals surface area contributed by atoms with Crippen LogP contribution < -0.4 is 14.2 Å². The van der Waals surface area contributed by atoms with Crippen molar-refractivity contribution in [1.29, 1.82) is 0 Å². The molecule has 2 heterocycles. The molecule has 4 rings (SSSR count). The molecule has 1 amide bonds. The zero-order chi connectivity index (χ0) is 28.2. The number of piperidine rings is 1. The summed E-state index contributed by atoms with van der Waals surface area (Å²) < 4.78 is 41.4. The summed E-state index contributed by atoms with van der Waals surface area (Å²) in [6, 6.07) is 9.34. The highest BCUT2D eigenvalue weighted by Crippen LogP contribution is 2.40. The van der Waals surface area contributed by atoms with Crippen LogP contribution in [0.15, 0.2) is 36.4 Å². The maximum Gasteiger partial charge on any atom is 0.422 e. The molecule has 2 aromatic rings. The minimum Gasteiger partial charge on any atom is -0.492 e. The molecular weight excluding hydrogens is 509 g/mol. The highest BCUT2D eigenvalue weighted by atomic mass is 19.1. The SMILES string of the molecule is CCOC(=O)C(=[N+]=[N-])c1cc2c(cc1OCC1CN(C(=O)OC(C)(C)C)CC[C@H]1c1ccc(F)cc1)OCO2. The summed E-state index contributed by atoms with van der Waals surface area (Å²) >= 11 is 0. The average molecular weight is 542 g/mol. The molecule has 0 aromatic heterocycles. The van der Waals surface area contributed by atoms with Crippen molar-refractivity contribution in [3.05, 3.63) is 58.9 Å². The van der Waals surface area contributed by atoms with Crippen LogP contribution in [-0.2, 0) is 14.3 Å². The molecule has 10 nitrogen and oxygen atoms in total. The van der Waals surface area contributed by atoms with Gasteiger partial charge in [-0.15, -0.1) is 0 Å². The van der Waals surface area contributed by atoms with Crippen molar-refractivity contribution in [2.24, 2.45) is 5.92 Å². The van der Waals surface area contributed by atoms with Crippen LogP contribution >= 0.6 is 0 Å². The fourth-order valence-corrected chi connectivity index (χ4v) is 4.67. The van der Waals surface area contributed by atoms with Crippen LogP contribution in [0, 0.1) is 11.7 Å². The van der Waals surface area contributed by atoms with Crippen molar-refractivity contribution in [1.82, 2.24) is 4.90 Å². The first-order valence-corrected chi connectivity index (χ1v) is 12.8. The van der Waals surface area contributed by atoms with E-state index in [1.54, 1.807) is 30.0 Å². The van der Waals surface area contributed by atoms with Crippen LogP contribution in [0.2, 0.25) is 0 Å². The molecule has 1 saturated heterocycles. The van der Waals surface area contributed by atoms with Crippen molar-refractivity contribution in [3.8, 4) is 17.2 Å². The van der Waals surface area contributed by atoms with E-state index in [1.807, 2.05) is 20.8 Å². The molecular formula is C28H32FN3O7. The average Bonchev–Trinajstić information content (AvgIpc) is 3.35. The number of carbonyl (C=O) groups excluding carboxylic acids is 2. The Morgan fingerprint density at radius 3 is 2.49 bits per heavy atom. The van der Waals surface area contributed by atoms with E-state index in [0.717, 1.165) is 5.56 Å². The van der Waals surface area contributed by atoms with Crippen molar-refractivity contribution in [2.45, 2.75) is 45.6 Å². The van der Waals surface area contributed by atoms with Gasteiger partial charge in [0.1, 0.15) is 22.7 Å². The van der Waals surface area contributed by atoms with E-state index in [4.69, 9.17) is 23.7 Å². The summed E-state index contributed by atoms with van der Waals surface area (Å²) in [5, 5.41) is 0. The minimum absolute atomic E-state index is 0.0106. The van der Waals surface area contributed by atoms with Gasteiger partial charge in [-0.3, -0.25) is 0 Å². The van der Waals surface area contributed by atoms with Gasteiger partial charge in [0.2, 0.25) is 6.79 Å². The third kappa shape index (κ3) is 6.67. The second-order valence-corrected chi connectivity index (χ2v) is 10.3. The maximum atomic E-state index is 13.6. The van der Waals surface area contributed by atoms with Gasteiger partial charge in [0.05, 0.1) is 13.2 Å². The number of benzene rings is 2. The van der Waals surface area contributed by atoms with E-state index in [0.29, 0.717) is 31.0 Å². The topological polar surface area (TPSA) is 120 Å². The molecule has 2 aromatic carbocycles. The predicted molar refractivity (Wildman–Crippen MR) is 137 cm³/mol. The fraction of sp³-hybridized carbons (Fsp3) is 0.464. The predicted octanol–water partition coefficient (Wildman–Crippen LogP) is 4.56. The number of carbonyl (C=O) groups is 2. The van der Waals surface area contributed by atoms with Crippen LogP contribution in [0.5, 0.6) is 17.2 Å². The van der Waals surface area contributed by atoms with Gasteiger partial charge in [0, 0.05) is 31.1 Å². The largest absolute Gasteiger partial charge is 0.492 e. The quantitative estimate of drug-likeness (QED) is 0.218. The summed E-state index contributed by atoms with van der Waals surface area (Å²) in [6.07, 6.45) is 0.185. The second-order valence-electron chi connectivity index (χ2n) is 10.3. The van der Waals surface area contributed by atoms with Crippen molar-refractivity contribution in [3.63, 3.8) is 0 Å². The molecule has 2 atom stereocenters. The Morgan fingerprint density at radius 2 is 1.85 bits per heavy atom. The second kappa shape index (κ2) is 11.7. The van der Waals surface area contributed by atoms with Crippen molar-refractivity contribution < 1.29 is 42.5 Å². The molecule has 11 heteroatoms. The molecule has 1 unspecified atom stereocenters. The maximum absolute atomic E-state index is 13.6. The van der Waals surface area contributed by atoms with Gasteiger partial charge in [-0.05, 0) is 57.7 Å². The molecule has 208 valence electrons. The minimum atomic E-state index is -0.832. The van der Waals surface area contributed by atoms with Gasteiger partial charge >= 0.3 is 17.8 Å². The molecule has 0 aliphatic carbocycles. The first kappa shape index (κ1) is 27.9. The van der Waals surface area contributed by atoms with E-state index in [2.05, 4.69) is 4.79 Å². The normalized spacial score (nSPS) is 18.2. The molecule has 0 radical (unpaired) electrons. The first-order chi connectivity index (χ1) is 18.6. The van der Waals surface area contributed by atoms with Crippen LogP contribution in [0.3, 0.4) is 0 Å². The van der Waals surface area contributed by atoms with Gasteiger partial charge < -0.3 is 34.1 Å². The highest BCUT2D eigenvalue weighted by molar-refractivity contribution is 6.41. The lowest BCUT2D eigenvalue weighted by atomic mass is 9.81. The summed E-state index contributed by atoms with van der Waals surface area (Å²) in [7, 11) is 0. The summed E-state index contributed by atoms with van der Waals surface area (Å²) in [4.78, 5) is 30.2. The molecule has 2 aliphatic heterocycles. The summed E-state index contributed by atoms with van der Waals surface area (Å²) in [5.74, 6) is -0.443. The Balaban J connectivity index is 1.63. The van der Waals surface area contributed by atoms with Gasteiger partial charge in [-0.25, -0.2) is 14.0 Å². The molecule has 0 N–H and O–H groups in total. The zero-order valence-corrected chi connectivity index (χ0v) is 22.4. The number of halogens is 1. The summed E-state index contributed by atoms with van der Waals surface area (Å²) in [6.45, 7) is 8.05. The van der Waals surface area contributed by atoms with Gasteiger partial charge in [0.15, 0.2) is 11.5 Å². The molecule has 0 saturated carbocycles.